The van der Waals surface area contributed by atoms with Crippen LogP contribution in [0.1, 0.15) is 29.6 Å². The van der Waals surface area contributed by atoms with Gasteiger partial charge in [-0.15, -0.1) is 0 Å². The molecule has 2 rings (SSSR count). The molecule has 1 saturated heterocycles. The first kappa shape index (κ1) is 14.8. The first-order chi connectivity index (χ1) is 9.59. The molecule has 1 aliphatic heterocycles. The van der Waals surface area contributed by atoms with E-state index in [0.717, 1.165) is 25.8 Å². The Balaban J connectivity index is 1.90. The number of hydrazine groups is 1. The monoisotopic (exact) mass is 295 g/mol. The van der Waals surface area contributed by atoms with Crippen molar-refractivity contribution >= 4 is 23.4 Å². The van der Waals surface area contributed by atoms with Crippen LogP contribution in [0, 0.1) is 0 Å². The van der Waals surface area contributed by atoms with E-state index in [4.69, 9.17) is 11.6 Å². The van der Waals surface area contributed by atoms with Crippen LogP contribution in [0.15, 0.2) is 24.3 Å². The van der Waals surface area contributed by atoms with Gasteiger partial charge in [0.15, 0.2) is 0 Å². The smallest absolute Gasteiger partial charge is 0.271 e. The standard InChI is InChI=1S/C14H18ClN3O2/c1-18-9-5-4-8-12(18)14(20)17-16-13(19)10-6-2-3-7-11(10)15/h2-3,6-7,12H,4-5,8-9H2,1H3,(H,16,19)(H,17,20)/t12-/m1/s1. The van der Waals surface area contributed by atoms with Crippen molar-refractivity contribution in [3.8, 4) is 0 Å². The minimum absolute atomic E-state index is 0.185. The topological polar surface area (TPSA) is 61.4 Å². The highest BCUT2D eigenvalue weighted by Crippen LogP contribution is 2.15. The molecule has 20 heavy (non-hydrogen) atoms. The van der Waals surface area contributed by atoms with Crippen LogP contribution in [0.2, 0.25) is 5.02 Å². The predicted molar refractivity (Wildman–Crippen MR) is 77.3 cm³/mol. The molecule has 5 nitrogen and oxygen atoms in total. The van der Waals surface area contributed by atoms with Crippen molar-refractivity contribution in [1.29, 1.82) is 0 Å². The van der Waals surface area contributed by atoms with Crippen LogP contribution in [0.3, 0.4) is 0 Å². The molecule has 0 unspecified atom stereocenters. The lowest BCUT2D eigenvalue weighted by Gasteiger charge is -2.31. The lowest BCUT2D eigenvalue weighted by Crippen LogP contribution is -2.52. The number of hydrogen-bond donors (Lipinski definition) is 2. The fourth-order valence-corrected chi connectivity index (χ4v) is 2.54. The number of nitrogens with one attached hydrogen (secondary N) is 2. The number of carbonyl (C=O) groups is 2. The molecule has 0 saturated carbocycles. The molecular formula is C14H18ClN3O2. The quantitative estimate of drug-likeness (QED) is 0.815. The Morgan fingerprint density at radius 1 is 1.25 bits per heavy atom. The summed E-state index contributed by atoms with van der Waals surface area (Å²) in [5.41, 5.74) is 5.22. The second-order valence-corrected chi connectivity index (χ2v) is 5.32. The van der Waals surface area contributed by atoms with Gasteiger partial charge in [0.25, 0.3) is 11.8 Å². The third kappa shape index (κ3) is 3.49. The average Bonchev–Trinajstić information content (AvgIpc) is 2.45. The van der Waals surface area contributed by atoms with E-state index in [-0.39, 0.29) is 11.9 Å². The number of piperidine rings is 1. The van der Waals surface area contributed by atoms with E-state index < -0.39 is 5.91 Å². The number of nitrogens with zero attached hydrogens (tertiary/aromatic N) is 1. The maximum atomic E-state index is 12.0. The van der Waals surface area contributed by atoms with Gasteiger partial charge in [0.05, 0.1) is 16.6 Å². The molecule has 2 N–H and O–H groups in total. The summed E-state index contributed by atoms with van der Waals surface area (Å²) in [6.07, 6.45) is 2.94. The third-order valence-corrected chi connectivity index (χ3v) is 3.82. The molecule has 2 amide bonds. The fraction of sp³-hybridized carbons (Fsp3) is 0.429. The van der Waals surface area contributed by atoms with Crippen molar-refractivity contribution in [1.82, 2.24) is 15.8 Å². The Hall–Kier alpha value is -1.59. The molecule has 0 bridgehead atoms. The van der Waals surface area contributed by atoms with Gasteiger partial charge in [-0.05, 0) is 38.6 Å². The van der Waals surface area contributed by atoms with Crippen molar-refractivity contribution in [2.75, 3.05) is 13.6 Å². The van der Waals surface area contributed by atoms with Crippen molar-refractivity contribution in [2.24, 2.45) is 0 Å². The largest absolute Gasteiger partial charge is 0.295 e. The highest BCUT2D eigenvalue weighted by Gasteiger charge is 2.26. The zero-order valence-electron chi connectivity index (χ0n) is 11.4. The zero-order valence-corrected chi connectivity index (χ0v) is 12.1. The second-order valence-electron chi connectivity index (χ2n) is 4.92. The Labute approximate surface area is 123 Å². The molecular weight excluding hydrogens is 278 g/mol. The van der Waals surface area contributed by atoms with Crippen molar-refractivity contribution in [3.63, 3.8) is 0 Å². The molecule has 1 fully saturated rings. The second kappa shape index (κ2) is 6.72. The summed E-state index contributed by atoms with van der Waals surface area (Å²) in [6.45, 7) is 0.899. The van der Waals surface area contributed by atoms with Crippen LogP contribution < -0.4 is 10.9 Å². The molecule has 1 aliphatic rings. The third-order valence-electron chi connectivity index (χ3n) is 3.49. The molecule has 0 spiro atoms. The van der Waals surface area contributed by atoms with Crippen LogP contribution in [0.4, 0.5) is 0 Å². The number of likely N-dealkylation sites (tertiary alicyclic amines) is 1. The SMILES string of the molecule is CN1CCCC[C@@H]1C(=O)NNC(=O)c1ccccc1Cl. The van der Waals surface area contributed by atoms with Gasteiger partial charge in [0, 0.05) is 0 Å². The Morgan fingerprint density at radius 3 is 2.70 bits per heavy atom. The Morgan fingerprint density at radius 2 is 2.00 bits per heavy atom. The Kier molecular flexibility index (Phi) is 4.98. The van der Waals surface area contributed by atoms with Crippen LogP contribution in [0.25, 0.3) is 0 Å². The van der Waals surface area contributed by atoms with E-state index in [1.54, 1.807) is 24.3 Å². The van der Waals surface area contributed by atoms with Gasteiger partial charge in [-0.2, -0.15) is 0 Å². The number of halogens is 1. The van der Waals surface area contributed by atoms with Gasteiger partial charge in [0.2, 0.25) is 0 Å². The molecule has 108 valence electrons. The number of carbonyl (C=O) groups excluding carboxylic acids is 2. The average molecular weight is 296 g/mol. The van der Waals surface area contributed by atoms with Crippen LogP contribution in [0.5, 0.6) is 0 Å². The summed E-state index contributed by atoms with van der Waals surface area (Å²) in [5, 5.41) is 0.356. The zero-order chi connectivity index (χ0) is 14.5. The van der Waals surface area contributed by atoms with Crippen LogP contribution in [-0.4, -0.2) is 36.3 Å². The first-order valence-electron chi connectivity index (χ1n) is 6.64. The molecule has 6 heteroatoms. The fourth-order valence-electron chi connectivity index (χ4n) is 2.32. The molecule has 1 heterocycles. The van der Waals surface area contributed by atoms with Crippen molar-refractivity contribution < 1.29 is 9.59 Å². The lowest BCUT2D eigenvalue weighted by molar-refractivity contribution is -0.127. The summed E-state index contributed by atoms with van der Waals surface area (Å²) < 4.78 is 0. The van der Waals surface area contributed by atoms with Crippen molar-refractivity contribution in [2.45, 2.75) is 25.3 Å². The van der Waals surface area contributed by atoms with E-state index in [2.05, 4.69) is 10.9 Å². The molecule has 1 aromatic rings. The summed E-state index contributed by atoms with van der Waals surface area (Å²) in [7, 11) is 1.92. The molecule has 1 aromatic carbocycles. The van der Waals surface area contributed by atoms with E-state index in [1.165, 1.54) is 0 Å². The first-order valence-corrected chi connectivity index (χ1v) is 7.02. The minimum atomic E-state index is -0.414. The van der Waals surface area contributed by atoms with Crippen LogP contribution >= 0.6 is 11.6 Å². The van der Waals surface area contributed by atoms with Gasteiger partial charge >= 0.3 is 0 Å². The van der Waals surface area contributed by atoms with E-state index in [0.29, 0.717) is 10.6 Å². The number of amides is 2. The van der Waals surface area contributed by atoms with Gasteiger partial charge < -0.3 is 0 Å². The lowest BCUT2D eigenvalue weighted by atomic mass is 10.0. The molecule has 0 aromatic heterocycles. The van der Waals surface area contributed by atoms with Gasteiger partial charge in [-0.25, -0.2) is 0 Å². The summed E-state index contributed by atoms with van der Waals surface area (Å²) >= 11 is 5.92. The maximum absolute atomic E-state index is 12.0. The van der Waals surface area contributed by atoms with E-state index >= 15 is 0 Å². The highest BCUT2D eigenvalue weighted by atomic mass is 35.5. The Bertz CT molecular complexity index is 507. The summed E-state index contributed by atoms with van der Waals surface area (Å²) in [5.74, 6) is -0.602. The number of rotatable bonds is 2. The van der Waals surface area contributed by atoms with E-state index in [9.17, 15) is 9.59 Å². The number of hydrogen-bond acceptors (Lipinski definition) is 3. The summed E-state index contributed by atoms with van der Waals surface area (Å²) in [6, 6.07) is 6.52. The number of likely N-dealkylation sites (N-methyl/N-ethyl adjacent to an activating group) is 1. The van der Waals surface area contributed by atoms with Gasteiger partial charge in [-0.1, -0.05) is 30.2 Å². The number of benzene rings is 1. The predicted octanol–water partition coefficient (Wildman–Crippen LogP) is 1.59. The maximum Gasteiger partial charge on any atom is 0.271 e. The van der Waals surface area contributed by atoms with Crippen molar-refractivity contribution in [3.05, 3.63) is 34.9 Å². The normalized spacial score (nSPS) is 19.4. The van der Waals surface area contributed by atoms with Crippen LogP contribution in [-0.2, 0) is 4.79 Å². The molecule has 0 aliphatic carbocycles. The molecule has 0 radical (unpaired) electrons. The van der Waals surface area contributed by atoms with Gasteiger partial charge in [0.1, 0.15) is 0 Å². The van der Waals surface area contributed by atoms with E-state index in [1.807, 2.05) is 11.9 Å². The molecule has 1 atom stereocenters. The summed E-state index contributed by atoms with van der Waals surface area (Å²) in [4.78, 5) is 25.9. The van der Waals surface area contributed by atoms with Gasteiger partial charge in [-0.3, -0.25) is 25.3 Å². The minimum Gasteiger partial charge on any atom is -0.295 e. The highest BCUT2D eigenvalue weighted by molar-refractivity contribution is 6.33.